The molecule has 136 valence electrons. The molecule has 1 aliphatic heterocycles. The average molecular weight is 362 g/mol. The highest BCUT2D eigenvalue weighted by atomic mass is 19.1. The van der Waals surface area contributed by atoms with Crippen LogP contribution in [0.2, 0.25) is 0 Å². The van der Waals surface area contributed by atoms with Crippen LogP contribution in [0.25, 0.3) is 33.5 Å². The smallest absolute Gasteiger partial charge is 0.123 e. The van der Waals surface area contributed by atoms with E-state index in [1.165, 1.54) is 23.1 Å². The van der Waals surface area contributed by atoms with E-state index in [4.69, 9.17) is 0 Å². The Hall–Kier alpha value is -2.89. The van der Waals surface area contributed by atoms with Crippen LogP contribution in [0.5, 0.6) is 0 Å². The molecule has 0 fully saturated rings. The zero-order valence-electron chi connectivity index (χ0n) is 14.7. The summed E-state index contributed by atoms with van der Waals surface area (Å²) < 4.78 is 15.6. The Balaban J connectivity index is 1.83. The van der Waals surface area contributed by atoms with Gasteiger partial charge in [-0.2, -0.15) is 0 Å². The summed E-state index contributed by atoms with van der Waals surface area (Å²) >= 11 is 0. The van der Waals surface area contributed by atoms with Gasteiger partial charge in [-0.1, -0.05) is 18.2 Å². The van der Waals surface area contributed by atoms with Gasteiger partial charge in [-0.3, -0.25) is 0 Å². The van der Waals surface area contributed by atoms with Crippen LogP contribution in [0, 0.1) is 5.82 Å². The first-order valence-electron chi connectivity index (χ1n) is 9.04. The Morgan fingerprint density at radius 2 is 1.63 bits per heavy atom. The first-order valence-corrected chi connectivity index (χ1v) is 9.04. The lowest BCUT2D eigenvalue weighted by molar-refractivity contribution is 0.262. The Morgan fingerprint density at radius 3 is 2.37 bits per heavy atom. The number of aliphatic hydroxyl groups excluding tert-OH is 2. The molecule has 5 rings (SSSR count). The van der Waals surface area contributed by atoms with E-state index in [9.17, 15) is 14.6 Å². The minimum absolute atomic E-state index is 0.165. The fourth-order valence-electron chi connectivity index (χ4n) is 4.40. The van der Waals surface area contributed by atoms with Crippen molar-refractivity contribution in [2.45, 2.75) is 26.2 Å². The number of halogens is 1. The standard InChI is InChI=1S/C22H19FN2O2/c23-14-7-5-13(6-8-14)21-17(11-26)18(12-27)22-20-16(9-10-25(21)22)15-3-1-2-4-19(15)24-20/h1-8,24,26-27H,9-12H2. The predicted octanol–water partition coefficient (Wildman–Crippen LogP) is 3.98. The summed E-state index contributed by atoms with van der Waals surface area (Å²) in [6.45, 7) is 0.392. The Labute approximate surface area is 155 Å². The minimum Gasteiger partial charge on any atom is -0.392 e. The molecule has 2 aromatic carbocycles. The van der Waals surface area contributed by atoms with Crippen molar-refractivity contribution in [2.24, 2.45) is 0 Å². The lowest BCUT2D eigenvalue weighted by Crippen LogP contribution is -2.12. The van der Waals surface area contributed by atoms with Crippen LogP contribution in [-0.2, 0) is 26.2 Å². The Morgan fingerprint density at radius 1 is 0.926 bits per heavy atom. The van der Waals surface area contributed by atoms with Gasteiger partial charge in [-0.15, -0.1) is 0 Å². The third-order valence-corrected chi connectivity index (χ3v) is 5.55. The van der Waals surface area contributed by atoms with Gasteiger partial charge in [0.2, 0.25) is 0 Å². The van der Waals surface area contributed by atoms with E-state index >= 15 is 0 Å². The molecule has 0 bridgehead atoms. The number of aliphatic hydroxyl groups is 2. The molecule has 4 aromatic rings. The normalized spacial score (nSPS) is 13.0. The van der Waals surface area contributed by atoms with Crippen molar-refractivity contribution in [1.29, 1.82) is 0 Å². The SMILES string of the molecule is OCc1c(CO)c2n(c1-c1ccc(F)cc1)CCc1c-2[nH]c2ccccc12. The van der Waals surface area contributed by atoms with Gasteiger partial charge in [0.05, 0.1) is 30.3 Å². The largest absolute Gasteiger partial charge is 0.392 e. The molecule has 0 radical (unpaired) electrons. The van der Waals surface area contributed by atoms with Crippen LogP contribution in [0.4, 0.5) is 4.39 Å². The quantitative estimate of drug-likeness (QED) is 0.516. The zero-order valence-corrected chi connectivity index (χ0v) is 14.7. The van der Waals surface area contributed by atoms with Crippen molar-refractivity contribution in [2.75, 3.05) is 0 Å². The van der Waals surface area contributed by atoms with E-state index < -0.39 is 0 Å². The highest BCUT2D eigenvalue weighted by Gasteiger charge is 2.29. The summed E-state index contributed by atoms with van der Waals surface area (Å²) in [4.78, 5) is 3.50. The van der Waals surface area contributed by atoms with E-state index in [-0.39, 0.29) is 19.0 Å². The van der Waals surface area contributed by atoms with Gasteiger partial charge in [0, 0.05) is 28.6 Å². The van der Waals surface area contributed by atoms with Crippen LogP contribution in [-0.4, -0.2) is 19.8 Å². The van der Waals surface area contributed by atoms with E-state index in [2.05, 4.69) is 15.6 Å². The fraction of sp³-hybridized carbons (Fsp3) is 0.182. The summed E-state index contributed by atoms with van der Waals surface area (Å²) in [7, 11) is 0. The molecular formula is C22H19FN2O2. The van der Waals surface area contributed by atoms with Crippen molar-refractivity contribution >= 4 is 10.9 Å². The number of H-pyrrole nitrogens is 1. The lowest BCUT2D eigenvalue weighted by atomic mass is 10.00. The summed E-state index contributed by atoms with van der Waals surface area (Å²) in [6.07, 6.45) is 0.852. The number of aryl methyl sites for hydroxylation is 1. The van der Waals surface area contributed by atoms with Gasteiger partial charge < -0.3 is 19.8 Å². The van der Waals surface area contributed by atoms with Crippen molar-refractivity contribution in [3.8, 4) is 22.6 Å². The van der Waals surface area contributed by atoms with Gasteiger partial charge in [0.15, 0.2) is 0 Å². The van der Waals surface area contributed by atoms with Gasteiger partial charge in [0.1, 0.15) is 5.82 Å². The van der Waals surface area contributed by atoms with Crippen LogP contribution >= 0.6 is 0 Å². The van der Waals surface area contributed by atoms with Crippen molar-refractivity contribution in [3.63, 3.8) is 0 Å². The topological polar surface area (TPSA) is 61.2 Å². The van der Waals surface area contributed by atoms with Gasteiger partial charge in [-0.25, -0.2) is 4.39 Å². The van der Waals surface area contributed by atoms with E-state index in [0.29, 0.717) is 5.56 Å². The Kier molecular flexibility index (Phi) is 3.67. The zero-order chi connectivity index (χ0) is 18.5. The van der Waals surface area contributed by atoms with Crippen molar-refractivity contribution in [3.05, 3.63) is 71.0 Å². The second-order valence-electron chi connectivity index (χ2n) is 6.90. The molecule has 0 saturated carbocycles. The summed E-state index contributed by atoms with van der Waals surface area (Å²) in [5, 5.41) is 21.4. The monoisotopic (exact) mass is 362 g/mol. The maximum absolute atomic E-state index is 13.4. The number of rotatable bonds is 3. The highest BCUT2D eigenvalue weighted by molar-refractivity contribution is 5.92. The van der Waals surface area contributed by atoms with Crippen molar-refractivity contribution < 1.29 is 14.6 Å². The Bertz CT molecular complexity index is 1160. The number of nitrogens with one attached hydrogen (secondary N) is 1. The lowest BCUT2D eigenvalue weighted by Gasteiger charge is -2.20. The second-order valence-corrected chi connectivity index (χ2v) is 6.90. The van der Waals surface area contributed by atoms with Gasteiger partial charge >= 0.3 is 0 Å². The molecule has 0 unspecified atom stereocenters. The number of hydrogen-bond acceptors (Lipinski definition) is 2. The van der Waals surface area contributed by atoms with Gasteiger partial charge in [-0.05, 0) is 47.9 Å². The number of para-hydroxylation sites is 1. The third kappa shape index (κ3) is 2.29. The average Bonchev–Trinajstić information content (AvgIpc) is 3.23. The maximum Gasteiger partial charge on any atom is 0.123 e. The first kappa shape index (κ1) is 16.3. The molecule has 27 heavy (non-hydrogen) atoms. The minimum atomic E-state index is -0.296. The second kappa shape index (κ2) is 6.08. The van der Waals surface area contributed by atoms with Gasteiger partial charge in [0.25, 0.3) is 0 Å². The molecule has 0 amide bonds. The molecule has 2 aromatic heterocycles. The molecule has 3 heterocycles. The molecule has 3 N–H and O–H groups in total. The molecule has 0 saturated heterocycles. The number of nitrogens with zero attached hydrogens (tertiary/aromatic N) is 1. The number of aromatic amines is 1. The first-order chi connectivity index (χ1) is 13.2. The number of fused-ring (bicyclic) bond motifs is 5. The molecule has 0 aliphatic carbocycles. The van der Waals surface area contributed by atoms with Crippen LogP contribution < -0.4 is 0 Å². The summed E-state index contributed by atoms with van der Waals surface area (Å²) in [5.74, 6) is -0.296. The van der Waals surface area contributed by atoms with E-state index in [1.807, 2.05) is 18.2 Å². The molecule has 0 spiro atoms. The number of benzene rings is 2. The van der Waals surface area contributed by atoms with E-state index in [1.54, 1.807) is 12.1 Å². The summed E-state index contributed by atoms with van der Waals surface area (Å²) in [6, 6.07) is 14.5. The molecule has 4 nitrogen and oxygen atoms in total. The molecule has 5 heteroatoms. The number of aromatic nitrogens is 2. The van der Waals surface area contributed by atoms with Crippen LogP contribution in [0.1, 0.15) is 16.7 Å². The molecule has 1 aliphatic rings. The van der Waals surface area contributed by atoms with Crippen molar-refractivity contribution in [1.82, 2.24) is 9.55 Å². The van der Waals surface area contributed by atoms with Crippen LogP contribution in [0.15, 0.2) is 48.5 Å². The fourth-order valence-corrected chi connectivity index (χ4v) is 4.40. The van der Waals surface area contributed by atoms with Crippen LogP contribution in [0.3, 0.4) is 0 Å². The summed E-state index contributed by atoms with van der Waals surface area (Å²) in [5.41, 5.74) is 7.32. The maximum atomic E-state index is 13.4. The molecule has 0 atom stereocenters. The predicted molar refractivity (Wildman–Crippen MR) is 103 cm³/mol. The third-order valence-electron chi connectivity index (χ3n) is 5.55. The number of hydrogen-bond donors (Lipinski definition) is 3. The van der Waals surface area contributed by atoms with E-state index in [0.717, 1.165) is 46.7 Å². The molecular weight excluding hydrogens is 343 g/mol. The highest BCUT2D eigenvalue weighted by Crippen LogP contribution is 2.43.